The van der Waals surface area contributed by atoms with Crippen molar-refractivity contribution in [1.82, 2.24) is 25.2 Å². The van der Waals surface area contributed by atoms with Crippen molar-refractivity contribution in [1.29, 1.82) is 0 Å². The molecule has 0 bridgehead atoms. The summed E-state index contributed by atoms with van der Waals surface area (Å²) >= 11 is 5.86. The number of benzene rings is 1. The van der Waals surface area contributed by atoms with Crippen LogP contribution in [0.5, 0.6) is 0 Å². The van der Waals surface area contributed by atoms with Gasteiger partial charge >= 0.3 is 0 Å². The first-order chi connectivity index (χ1) is 11.6. The highest BCUT2D eigenvalue weighted by atomic mass is 35.5. The molecule has 0 saturated heterocycles. The third-order valence-electron chi connectivity index (χ3n) is 3.49. The van der Waals surface area contributed by atoms with Crippen LogP contribution in [0.1, 0.15) is 36.1 Å². The number of amides is 1. The van der Waals surface area contributed by atoms with Gasteiger partial charge in [0.05, 0.1) is 17.8 Å². The average Bonchev–Trinajstić information content (AvgIpc) is 3.25. The van der Waals surface area contributed by atoms with E-state index in [4.69, 9.17) is 16.1 Å². The largest absolute Gasteiger partial charge is 0.342 e. The zero-order valence-electron chi connectivity index (χ0n) is 13.2. The van der Waals surface area contributed by atoms with Crippen LogP contribution < -0.4 is 5.32 Å². The molecule has 1 N–H and O–H groups in total. The van der Waals surface area contributed by atoms with E-state index in [9.17, 15) is 4.79 Å². The number of rotatable bonds is 5. The molecule has 0 aliphatic heterocycles. The highest BCUT2D eigenvalue weighted by molar-refractivity contribution is 6.30. The van der Waals surface area contributed by atoms with E-state index >= 15 is 0 Å². The quantitative estimate of drug-likeness (QED) is 0.767. The van der Waals surface area contributed by atoms with Crippen LogP contribution >= 0.6 is 11.6 Å². The number of hydrogen-bond acceptors (Lipinski definition) is 5. The van der Waals surface area contributed by atoms with Gasteiger partial charge in [0.15, 0.2) is 5.82 Å². The van der Waals surface area contributed by atoms with Crippen molar-refractivity contribution in [2.24, 2.45) is 0 Å². The standard InChI is InChI=1S/C16H16ClN5O2/c1-3-22-9-12(8-18-22)15(23)19-10(2)14-20-16(24-21-14)11-4-6-13(17)7-5-11/h4-10H,3H2,1-2H3,(H,19,23)/t10-/m0/s1. The molecular formula is C16H16ClN5O2. The third-order valence-corrected chi connectivity index (χ3v) is 3.74. The van der Waals surface area contributed by atoms with Gasteiger partial charge in [0.25, 0.3) is 11.8 Å². The second kappa shape index (κ2) is 6.84. The number of carbonyl (C=O) groups excluding carboxylic acids is 1. The van der Waals surface area contributed by atoms with Gasteiger partial charge < -0.3 is 9.84 Å². The van der Waals surface area contributed by atoms with Crippen LogP contribution in [0.3, 0.4) is 0 Å². The van der Waals surface area contributed by atoms with Crippen LogP contribution in [0.2, 0.25) is 5.02 Å². The molecule has 124 valence electrons. The van der Waals surface area contributed by atoms with E-state index in [1.807, 2.05) is 6.92 Å². The number of aryl methyl sites for hydroxylation is 1. The van der Waals surface area contributed by atoms with E-state index in [-0.39, 0.29) is 5.91 Å². The highest BCUT2D eigenvalue weighted by Gasteiger charge is 2.18. The number of hydrogen-bond donors (Lipinski definition) is 1. The Bertz CT molecular complexity index is 840. The summed E-state index contributed by atoms with van der Waals surface area (Å²) in [5.74, 6) is 0.540. The van der Waals surface area contributed by atoms with Crippen molar-refractivity contribution in [2.75, 3.05) is 0 Å². The summed E-state index contributed by atoms with van der Waals surface area (Å²) in [6, 6.07) is 6.69. The van der Waals surface area contributed by atoms with Crippen molar-refractivity contribution in [3.63, 3.8) is 0 Å². The molecule has 0 aliphatic carbocycles. The maximum Gasteiger partial charge on any atom is 0.257 e. The molecule has 2 aromatic heterocycles. The SMILES string of the molecule is CCn1cc(C(=O)N[C@@H](C)c2noc(-c3ccc(Cl)cc3)n2)cn1. The van der Waals surface area contributed by atoms with Gasteiger partial charge in [0.2, 0.25) is 0 Å². The zero-order valence-corrected chi connectivity index (χ0v) is 14.0. The summed E-state index contributed by atoms with van der Waals surface area (Å²) in [4.78, 5) is 16.5. The minimum absolute atomic E-state index is 0.236. The fourth-order valence-corrected chi connectivity index (χ4v) is 2.24. The molecule has 1 atom stereocenters. The molecule has 0 unspecified atom stereocenters. The van der Waals surface area contributed by atoms with Crippen molar-refractivity contribution in [3.8, 4) is 11.5 Å². The summed E-state index contributed by atoms with van der Waals surface area (Å²) in [7, 11) is 0. The smallest absolute Gasteiger partial charge is 0.257 e. The minimum atomic E-state index is -0.396. The number of nitrogens with one attached hydrogen (secondary N) is 1. The van der Waals surface area contributed by atoms with E-state index < -0.39 is 6.04 Å². The molecule has 0 radical (unpaired) electrons. The fraction of sp³-hybridized carbons (Fsp3) is 0.250. The van der Waals surface area contributed by atoms with Gasteiger partial charge in [0.1, 0.15) is 0 Å². The molecule has 1 amide bonds. The topological polar surface area (TPSA) is 85.8 Å². The maximum atomic E-state index is 12.2. The van der Waals surface area contributed by atoms with Gasteiger partial charge in [-0.2, -0.15) is 10.1 Å². The lowest BCUT2D eigenvalue weighted by atomic mass is 10.2. The normalized spacial score (nSPS) is 12.1. The Balaban J connectivity index is 1.70. The molecule has 2 heterocycles. The van der Waals surface area contributed by atoms with Gasteiger partial charge in [-0.25, -0.2) is 0 Å². The molecule has 0 saturated carbocycles. The van der Waals surface area contributed by atoms with E-state index in [1.54, 1.807) is 42.1 Å². The van der Waals surface area contributed by atoms with Gasteiger partial charge in [-0.3, -0.25) is 9.48 Å². The van der Waals surface area contributed by atoms with Crippen LogP contribution in [-0.2, 0) is 6.54 Å². The lowest BCUT2D eigenvalue weighted by molar-refractivity contribution is 0.0938. The van der Waals surface area contributed by atoms with E-state index in [1.165, 1.54) is 6.20 Å². The lowest BCUT2D eigenvalue weighted by Gasteiger charge is -2.08. The van der Waals surface area contributed by atoms with Gasteiger partial charge in [-0.15, -0.1) is 0 Å². The molecule has 0 fully saturated rings. The fourth-order valence-electron chi connectivity index (χ4n) is 2.12. The Hall–Kier alpha value is -2.67. The third kappa shape index (κ3) is 3.46. The van der Waals surface area contributed by atoms with Crippen LogP contribution in [0.4, 0.5) is 0 Å². The van der Waals surface area contributed by atoms with E-state index in [0.29, 0.717) is 28.8 Å². The van der Waals surface area contributed by atoms with Crippen LogP contribution in [0, 0.1) is 0 Å². The zero-order chi connectivity index (χ0) is 17.1. The van der Waals surface area contributed by atoms with Crippen molar-refractivity contribution in [2.45, 2.75) is 26.4 Å². The number of halogens is 1. The van der Waals surface area contributed by atoms with Crippen molar-refractivity contribution < 1.29 is 9.32 Å². The highest BCUT2D eigenvalue weighted by Crippen LogP contribution is 2.21. The molecule has 8 heteroatoms. The number of aromatic nitrogens is 4. The Kier molecular flexibility index (Phi) is 4.61. The molecular weight excluding hydrogens is 330 g/mol. The minimum Gasteiger partial charge on any atom is -0.342 e. The Morgan fingerprint density at radius 3 is 2.79 bits per heavy atom. The first-order valence-electron chi connectivity index (χ1n) is 7.49. The van der Waals surface area contributed by atoms with Gasteiger partial charge in [0, 0.05) is 23.3 Å². The Morgan fingerprint density at radius 1 is 1.38 bits per heavy atom. The van der Waals surface area contributed by atoms with Crippen LogP contribution in [0.15, 0.2) is 41.2 Å². The summed E-state index contributed by atoms with van der Waals surface area (Å²) in [6.07, 6.45) is 3.22. The first kappa shape index (κ1) is 16.2. The van der Waals surface area contributed by atoms with E-state index in [2.05, 4.69) is 20.6 Å². The summed E-state index contributed by atoms with van der Waals surface area (Å²) in [5, 5.41) is 11.5. The molecule has 24 heavy (non-hydrogen) atoms. The maximum absolute atomic E-state index is 12.2. The van der Waals surface area contributed by atoms with Crippen LogP contribution in [-0.4, -0.2) is 25.8 Å². The number of nitrogens with zero attached hydrogens (tertiary/aromatic N) is 4. The Labute approximate surface area is 143 Å². The second-order valence-electron chi connectivity index (χ2n) is 5.24. The van der Waals surface area contributed by atoms with Gasteiger partial charge in [-0.1, -0.05) is 16.8 Å². The average molecular weight is 346 g/mol. The molecule has 7 nitrogen and oxygen atoms in total. The van der Waals surface area contributed by atoms with Crippen molar-refractivity contribution in [3.05, 3.63) is 53.1 Å². The summed E-state index contributed by atoms with van der Waals surface area (Å²) < 4.78 is 6.94. The Morgan fingerprint density at radius 2 is 2.12 bits per heavy atom. The molecule has 3 aromatic rings. The summed E-state index contributed by atoms with van der Waals surface area (Å²) in [5.41, 5.74) is 1.26. The predicted octanol–water partition coefficient (Wildman–Crippen LogP) is 3.10. The predicted molar refractivity (Wildman–Crippen MR) is 88.5 cm³/mol. The van der Waals surface area contributed by atoms with E-state index in [0.717, 1.165) is 5.56 Å². The monoisotopic (exact) mass is 345 g/mol. The number of carbonyl (C=O) groups is 1. The van der Waals surface area contributed by atoms with Crippen molar-refractivity contribution >= 4 is 17.5 Å². The van der Waals surface area contributed by atoms with Gasteiger partial charge in [-0.05, 0) is 38.1 Å². The lowest BCUT2D eigenvalue weighted by Crippen LogP contribution is -2.27. The molecule has 1 aromatic carbocycles. The first-order valence-corrected chi connectivity index (χ1v) is 7.87. The molecule has 0 spiro atoms. The molecule has 3 rings (SSSR count). The van der Waals surface area contributed by atoms with Crippen LogP contribution in [0.25, 0.3) is 11.5 Å². The summed E-state index contributed by atoms with van der Waals surface area (Å²) in [6.45, 7) is 4.45. The second-order valence-corrected chi connectivity index (χ2v) is 5.68. The molecule has 0 aliphatic rings.